The van der Waals surface area contributed by atoms with Crippen LogP contribution in [0.1, 0.15) is 38.1 Å². The first-order valence-corrected chi connectivity index (χ1v) is 7.54. The molecule has 0 spiro atoms. The van der Waals surface area contributed by atoms with Crippen LogP contribution in [0.15, 0.2) is 36.7 Å². The quantitative estimate of drug-likeness (QED) is 0.799. The van der Waals surface area contributed by atoms with Gasteiger partial charge in [-0.2, -0.15) is 14.6 Å². The molecule has 2 heterocycles. The largest absolute Gasteiger partial charge is 0.363 e. The molecule has 1 N–H and O–H groups in total. The van der Waals surface area contributed by atoms with Crippen LogP contribution in [-0.4, -0.2) is 19.6 Å². The van der Waals surface area contributed by atoms with Crippen molar-refractivity contribution in [2.75, 3.05) is 5.32 Å². The van der Waals surface area contributed by atoms with Gasteiger partial charge in [0, 0.05) is 11.8 Å². The van der Waals surface area contributed by atoms with Gasteiger partial charge in [-0.1, -0.05) is 32.9 Å². The lowest BCUT2D eigenvalue weighted by molar-refractivity contribution is 0.346. The van der Waals surface area contributed by atoms with E-state index >= 15 is 0 Å². The van der Waals surface area contributed by atoms with Gasteiger partial charge in [-0.05, 0) is 30.0 Å². The number of rotatable bonds is 3. The van der Waals surface area contributed by atoms with E-state index in [1.54, 1.807) is 4.52 Å². The molecule has 2 aromatic heterocycles. The van der Waals surface area contributed by atoms with Crippen LogP contribution in [0.2, 0.25) is 0 Å². The Bertz CT molecular complexity index is 817. The Morgan fingerprint density at radius 2 is 1.87 bits per heavy atom. The van der Waals surface area contributed by atoms with Crippen molar-refractivity contribution in [3.63, 3.8) is 0 Å². The molecule has 3 rings (SSSR count). The number of aryl methyl sites for hydroxylation is 1. The topological polar surface area (TPSA) is 55.1 Å². The fraction of sp³-hybridized carbons (Fsp3) is 0.353. The van der Waals surface area contributed by atoms with Gasteiger partial charge in [-0.3, -0.25) is 0 Å². The van der Waals surface area contributed by atoms with Crippen LogP contribution in [0.3, 0.4) is 0 Å². The zero-order valence-corrected chi connectivity index (χ0v) is 13.7. The summed E-state index contributed by atoms with van der Waals surface area (Å²) in [5.74, 6) is 1.13. The van der Waals surface area contributed by atoms with E-state index in [1.165, 1.54) is 18.5 Å². The second kappa shape index (κ2) is 5.61. The summed E-state index contributed by atoms with van der Waals surface area (Å²) in [7, 11) is 0. The molecule has 0 saturated carbocycles. The van der Waals surface area contributed by atoms with E-state index in [0.29, 0.717) is 5.78 Å². The number of aromatic nitrogens is 4. The van der Waals surface area contributed by atoms with Gasteiger partial charge in [0.15, 0.2) is 0 Å². The lowest BCUT2D eigenvalue weighted by atomic mass is 9.82. The molecule has 0 amide bonds. The van der Waals surface area contributed by atoms with Gasteiger partial charge in [-0.15, -0.1) is 0 Å². The molecule has 6 heteroatoms. The molecule has 0 saturated heterocycles. The Hall–Kier alpha value is -2.50. The molecule has 120 valence electrons. The average Bonchev–Trinajstić information content (AvgIpc) is 2.92. The van der Waals surface area contributed by atoms with Crippen LogP contribution in [0.25, 0.3) is 5.78 Å². The summed E-state index contributed by atoms with van der Waals surface area (Å²) < 4.78 is 14.9. The highest BCUT2D eigenvalue weighted by Gasteiger charge is 2.27. The third-order valence-corrected chi connectivity index (χ3v) is 3.74. The molecule has 1 atom stereocenters. The smallest absolute Gasteiger partial charge is 0.254 e. The van der Waals surface area contributed by atoms with E-state index in [4.69, 9.17) is 0 Å². The van der Waals surface area contributed by atoms with Gasteiger partial charge in [-0.25, -0.2) is 9.37 Å². The average molecular weight is 313 g/mol. The number of anilines is 1. The van der Waals surface area contributed by atoms with Gasteiger partial charge < -0.3 is 5.32 Å². The monoisotopic (exact) mass is 313 g/mol. The van der Waals surface area contributed by atoms with Gasteiger partial charge in [0.1, 0.15) is 18.0 Å². The highest BCUT2D eigenvalue weighted by Crippen LogP contribution is 2.35. The minimum Gasteiger partial charge on any atom is -0.363 e. The summed E-state index contributed by atoms with van der Waals surface area (Å²) in [5, 5.41) is 7.75. The number of hydrogen-bond donors (Lipinski definition) is 1. The predicted molar refractivity (Wildman–Crippen MR) is 87.7 cm³/mol. The number of nitrogens with one attached hydrogen (secondary N) is 1. The maximum Gasteiger partial charge on any atom is 0.254 e. The van der Waals surface area contributed by atoms with Crippen molar-refractivity contribution in [2.24, 2.45) is 5.41 Å². The van der Waals surface area contributed by atoms with Crippen LogP contribution in [0.4, 0.5) is 10.2 Å². The fourth-order valence-electron chi connectivity index (χ4n) is 2.64. The Morgan fingerprint density at radius 3 is 2.52 bits per heavy atom. The Balaban J connectivity index is 2.04. The SMILES string of the molecule is Cc1cc(NC(c2ccc(F)cc2)C(C)(C)C)n2ncnc2n1. The Morgan fingerprint density at radius 1 is 1.17 bits per heavy atom. The van der Waals surface area contributed by atoms with Crippen molar-refractivity contribution in [2.45, 2.75) is 33.7 Å². The first kappa shape index (κ1) is 15.4. The molecular weight excluding hydrogens is 293 g/mol. The normalized spacial score (nSPS) is 13.3. The molecule has 0 aliphatic rings. The van der Waals surface area contributed by atoms with E-state index in [-0.39, 0.29) is 17.3 Å². The minimum absolute atomic E-state index is 0.0164. The number of nitrogens with zero attached hydrogens (tertiary/aromatic N) is 4. The zero-order valence-electron chi connectivity index (χ0n) is 13.7. The predicted octanol–water partition coefficient (Wildman–Crippen LogP) is 3.77. The van der Waals surface area contributed by atoms with Gasteiger partial charge in [0.25, 0.3) is 5.78 Å². The van der Waals surface area contributed by atoms with Crippen molar-refractivity contribution in [3.8, 4) is 0 Å². The van der Waals surface area contributed by atoms with Gasteiger partial charge in [0.2, 0.25) is 0 Å². The third-order valence-electron chi connectivity index (χ3n) is 3.74. The maximum absolute atomic E-state index is 13.2. The molecule has 0 fully saturated rings. The zero-order chi connectivity index (χ0) is 16.6. The van der Waals surface area contributed by atoms with E-state index in [2.05, 4.69) is 41.2 Å². The standard InChI is InChI=1S/C17H20FN5/c1-11-9-14(23-16(21-11)19-10-20-23)22-15(17(2,3)4)12-5-7-13(18)8-6-12/h5-10,15,22H,1-4H3. The summed E-state index contributed by atoms with van der Waals surface area (Å²) in [4.78, 5) is 8.50. The lowest BCUT2D eigenvalue weighted by Gasteiger charge is -2.32. The highest BCUT2D eigenvalue weighted by atomic mass is 19.1. The van der Waals surface area contributed by atoms with E-state index in [1.807, 2.05) is 25.1 Å². The van der Waals surface area contributed by atoms with E-state index in [9.17, 15) is 4.39 Å². The van der Waals surface area contributed by atoms with Gasteiger partial charge >= 0.3 is 0 Å². The molecule has 0 aliphatic heterocycles. The van der Waals surface area contributed by atoms with Crippen LogP contribution < -0.4 is 5.32 Å². The van der Waals surface area contributed by atoms with Crippen molar-refractivity contribution in [1.29, 1.82) is 0 Å². The minimum atomic E-state index is -0.236. The summed E-state index contributed by atoms with van der Waals surface area (Å²) in [6.07, 6.45) is 1.48. The van der Waals surface area contributed by atoms with Crippen molar-refractivity contribution in [1.82, 2.24) is 19.6 Å². The number of benzene rings is 1. The van der Waals surface area contributed by atoms with Crippen molar-refractivity contribution >= 4 is 11.6 Å². The number of fused-ring (bicyclic) bond motifs is 1. The van der Waals surface area contributed by atoms with Crippen LogP contribution in [0, 0.1) is 18.2 Å². The van der Waals surface area contributed by atoms with Crippen molar-refractivity contribution in [3.05, 3.63) is 53.7 Å². The highest BCUT2D eigenvalue weighted by molar-refractivity contribution is 5.47. The Kier molecular flexibility index (Phi) is 3.75. The lowest BCUT2D eigenvalue weighted by Crippen LogP contribution is -2.27. The molecule has 5 nitrogen and oxygen atoms in total. The summed E-state index contributed by atoms with van der Waals surface area (Å²) in [6, 6.07) is 8.51. The maximum atomic E-state index is 13.2. The Labute approximate surface area is 134 Å². The second-order valence-corrected chi connectivity index (χ2v) is 6.75. The molecule has 0 aliphatic carbocycles. The number of halogens is 1. The van der Waals surface area contributed by atoms with E-state index < -0.39 is 0 Å². The first-order chi connectivity index (χ1) is 10.8. The van der Waals surface area contributed by atoms with Crippen LogP contribution in [0.5, 0.6) is 0 Å². The van der Waals surface area contributed by atoms with Gasteiger partial charge in [0.05, 0.1) is 6.04 Å². The molecule has 1 aromatic carbocycles. The summed E-state index contributed by atoms with van der Waals surface area (Å²) >= 11 is 0. The molecule has 0 radical (unpaired) electrons. The van der Waals surface area contributed by atoms with Crippen molar-refractivity contribution < 1.29 is 4.39 Å². The summed E-state index contributed by atoms with van der Waals surface area (Å²) in [6.45, 7) is 8.34. The second-order valence-electron chi connectivity index (χ2n) is 6.75. The third kappa shape index (κ3) is 3.16. The summed E-state index contributed by atoms with van der Waals surface area (Å²) in [5.41, 5.74) is 1.79. The van der Waals surface area contributed by atoms with Crippen LogP contribution >= 0.6 is 0 Å². The number of hydrogen-bond acceptors (Lipinski definition) is 4. The molecule has 0 bridgehead atoms. The molecule has 3 aromatic rings. The molecule has 1 unspecified atom stereocenters. The fourth-order valence-corrected chi connectivity index (χ4v) is 2.64. The first-order valence-electron chi connectivity index (χ1n) is 7.54. The molecule has 23 heavy (non-hydrogen) atoms. The van der Waals surface area contributed by atoms with E-state index in [0.717, 1.165) is 17.1 Å². The van der Waals surface area contributed by atoms with Crippen LogP contribution in [-0.2, 0) is 0 Å². The molecular formula is C17H20FN5.